The first-order valence-electron chi connectivity index (χ1n) is 10.2. The summed E-state index contributed by atoms with van der Waals surface area (Å²) in [4.78, 5) is 16.0. The van der Waals surface area contributed by atoms with Crippen LogP contribution in [0, 0.1) is 19.8 Å². The minimum atomic E-state index is -4.44. The Morgan fingerprint density at radius 1 is 0.968 bits per heavy atom. The van der Waals surface area contributed by atoms with Crippen LogP contribution in [-0.4, -0.2) is 42.9 Å². The molecule has 0 aromatic heterocycles. The second-order valence-corrected chi connectivity index (χ2v) is 8.35. The van der Waals surface area contributed by atoms with Crippen LogP contribution in [0.4, 0.5) is 27.6 Å². The number of alkyl halides is 5. The fraction of sp³-hybridized carbons (Fsp3) is 0.435. The first kappa shape index (κ1) is 21.6. The van der Waals surface area contributed by atoms with Gasteiger partial charge in [0.2, 0.25) is 5.91 Å². The van der Waals surface area contributed by atoms with Crippen molar-refractivity contribution in [2.75, 3.05) is 31.1 Å². The summed E-state index contributed by atoms with van der Waals surface area (Å²) in [5.74, 6) is -6.17. The molecule has 166 valence electrons. The maximum atomic E-state index is 14.4. The van der Waals surface area contributed by atoms with Gasteiger partial charge in [-0.15, -0.1) is 0 Å². The van der Waals surface area contributed by atoms with Crippen LogP contribution in [0.25, 0.3) is 0 Å². The number of piperazine rings is 1. The SMILES string of the molecule is Cc1ccc([C@H]2[C@@H](C(=O)N3CCN(c4cc(C(F)(F)F)ccc4C)CC3)C2(F)F)cc1. The molecule has 2 fully saturated rings. The van der Waals surface area contributed by atoms with Crippen molar-refractivity contribution in [2.45, 2.75) is 31.9 Å². The van der Waals surface area contributed by atoms with Crippen molar-refractivity contribution in [1.82, 2.24) is 4.90 Å². The van der Waals surface area contributed by atoms with Crippen LogP contribution in [0.2, 0.25) is 0 Å². The van der Waals surface area contributed by atoms with E-state index in [-0.39, 0.29) is 13.1 Å². The second-order valence-electron chi connectivity index (χ2n) is 8.35. The number of halogens is 5. The Balaban J connectivity index is 1.44. The van der Waals surface area contributed by atoms with Crippen LogP contribution in [-0.2, 0) is 11.0 Å². The van der Waals surface area contributed by atoms with Gasteiger partial charge in [0.05, 0.1) is 11.5 Å². The Kier molecular flexibility index (Phi) is 5.22. The van der Waals surface area contributed by atoms with Crippen LogP contribution in [0.5, 0.6) is 0 Å². The molecule has 1 aliphatic heterocycles. The number of aryl methyl sites for hydroxylation is 2. The molecular formula is C23H23F5N2O. The monoisotopic (exact) mass is 438 g/mol. The zero-order valence-electron chi connectivity index (χ0n) is 17.2. The van der Waals surface area contributed by atoms with Gasteiger partial charge >= 0.3 is 6.18 Å². The van der Waals surface area contributed by atoms with Crippen LogP contribution in [0.3, 0.4) is 0 Å². The molecule has 2 aromatic rings. The average Bonchev–Trinajstić information content (AvgIpc) is 3.29. The molecule has 0 N–H and O–H groups in total. The van der Waals surface area contributed by atoms with E-state index in [9.17, 15) is 26.7 Å². The van der Waals surface area contributed by atoms with Gasteiger partial charge < -0.3 is 9.80 Å². The summed E-state index contributed by atoms with van der Waals surface area (Å²) in [6.07, 6.45) is -4.44. The van der Waals surface area contributed by atoms with Crippen molar-refractivity contribution >= 4 is 11.6 Å². The van der Waals surface area contributed by atoms with E-state index in [1.807, 2.05) is 6.92 Å². The number of hydrogen-bond acceptors (Lipinski definition) is 2. The Bertz CT molecular complexity index is 978. The minimum absolute atomic E-state index is 0.196. The molecular weight excluding hydrogens is 415 g/mol. The Hall–Kier alpha value is -2.64. The normalized spacial score (nSPS) is 23.1. The number of rotatable bonds is 3. The van der Waals surface area contributed by atoms with Gasteiger partial charge in [-0.2, -0.15) is 13.2 Å². The number of nitrogens with zero attached hydrogens (tertiary/aromatic N) is 2. The molecule has 8 heteroatoms. The van der Waals surface area contributed by atoms with Gasteiger partial charge in [-0.05, 0) is 37.1 Å². The van der Waals surface area contributed by atoms with E-state index < -0.39 is 35.4 Å². The van der Waals surface area contributed by atoms with E-state index in [0.717, 1.165) is 17.7 Å². The maximum Gasteiger partial charge on any atom is 0.416 e. The van der Waals surface area contributed by atoms with Crippen molar-refractivity contribution in [1.29, 1.82) is 0 Å². The lowest BCUT2D eigenvalue weighted by molar-refractivity contribution is -0.137. The van der Waals surface area contributed by atoms with Crippen LogP contribution in [0.15, 0.2) is 42.5 Å². The third-order valence-corrected chi connectivity index (χ3v) is 6.22. The zero-order valence-corrected chi connectivity index (χ0v) is 17.2. The Labute approximate surface area is 177 Å². The van der Waals surface area contributed by atoms with Crippen molar-refractivity contribution < 1.29 is 26.7 Å². The molecule has 0 radical (unpaired) electrons. The maximum absolute atomic E-state index is 14.4. The predicted molar refractivity (Wildman–Crippen MR) is 107 cm³/mol. The number of anilines is 1. The highest BCUT2D eigenvalue weighted by atomic mass is 19.4. The smallest absolute Gasteiger partial charge is 0.368 e. The number of amides is 1. The topological polar surface area (TPSA) is 23.6 Å². The summed E-state index contributed by atoms with van der Waals surface area (Å²) < 4.78 is 68.1. The van der Waals surface area contributed by atoms with E-state index in [2.05, 4.69) is 0 Å². The Morgan fingerprint density at radius 3 is 2.16 bits per heavy atom. The number of hydrogen-bond donors (Lipinski definition) is 0. The molecule has 0 bridgehead atoms. The quantitative estimate of drug-likeness (QED) is 0.629. The molecule has 1 amide bonds. The van der Waals surface area contributed by atoms with Crippen LogP contribution < -0.4 is 4.90 Å². The standard InChI is InChI=1S/C23H23F5N2O/c1-14-3-6-16(7-4-14)19-20(22(19,24)25)21(31)30-11-9-29(10-12-30)18-13-17(23(26,27)28)8-5-15(18)2/h3-8,13,19-20H,9-12H2,1-2H3/t19-,20-/m0/s1. The van der Waals surface area contributed by atoms with Crippen molar-refractivity contribution in [2.24, 2.45) is 5.92 Å². The van der Waals surface area contributed by atoms with Crippen LogP contribution >= 0.6 is 0 Å². The molecule has 3 nitrogen and oxygen atoms in total. The summed E-state index contributed by atoms with van der Waals surface area (Å²) >= 11 is 0. The summed E-state index contributed by atoms with van der Waals surface area (Å²) in [5, 5.41) is 0. The fourth-order valence-electron chi connectivity index (χ4n) is 4.31. The predicted octanol–water partition coefficient (Wildman–Crippen LogP) is 5.02. The molecule has 31 heavy (non-hydrogen) atoms. The van der Waals surface area contributed by atoms with Gasteiger partial charge in [-0.3, -0.25) is 4.79 Å². The van der Waals surface area contributed by atoms with E-state index in [1.54, 1.807) is 36.1 Å². The van der Waals surface area contributed by atoms with E-state index in [4.69, 9.17) is 0 Å². The van der Waals surface area contributed by atoms with Crippen LogP contribution in [0.1, 0.15) is 28.2 Å². The number of carbonyl (C=O) groups excluding carboxylic acids is 1. The van der Waals surface area contributed by atoms with Gasteiger partial charge in [-0.1, -0.05) is 35.9 Å². The molecule has 2 aromatic carbocycles. The van der Waals surface area contributed by atoms with Gasteiger partial charge in [0, 0.05) is 31.9 Å². The van der Waals surface area contributed by atoms with E-state index in [0.29, 0.717) is 29.9 Å². The van der Waals surface area contributed by atoms with Crippen molar-refractivity contribution in [3.8, 4) is 0 Å². The number of carbonyl (C=O) groups is 1. The third-order valence-electron chi connectivity index (χ3n) is 6.22. The molecule has 2 aliphatic rings. The number of benzene rings is 2. The molecule has 1 heterocycles. The van der Waals surface area contributed by atoms with Gasteiger partial charge in [0.15, 0.2) is 0 Å². The largest absolute Gasteiger partial charge is 0.416 e. The molecule has 0 unspecified atom stereocenters. The summed E-state index contributed by atoms with van der Waals surface area (Å²) in [5.41, 5.74) is 1.83. The zero-order chi connectivity index (χ0) is 22.6. The van der Waals surface area contributed by atoms with Gasteiger partial charge in [-0.25, -0.2) is 8.78 Å². The molecule has 1 saturated heterocycles. The van der Waals surface area contributed by atoms with Crippen molar-refractivity contribution in [3.63, 3.8) is 0 Å². The van der Waals surface area contributed by atoms with E-state index >= 15 is 0 Å². The minimum Gasteiger partial charge on any atom is -0.368 e. The second kappa shape index (κ2) is 7.50. The highest BCUT2D eigenvalue weighted by Crippen LogP contribution is 2.62. The molecule has 4 rings (SSSR count). The lowest BCUT2D eigenvalue weighted by Gasteiger charge is -2.37. The van der Waals surface area contributed by atoms with Crippen molar-refractivity contribution in [3.05, 3.63) is 64.7 Å². The summed E-state index contributed by atoms with van der Waals surface area (Å²) in [6.45, 7) is 4.57. The average molecular weight is 438 g/mol. The first-order chi connectivity index (χ1) is 14.5. The Morgan fingerprint density at radius 2 is 1.58 bits per heavy atom. The summed E-state index contributed by atoms with van der Waals surface area (Å²) in [6, 6.07) is 10.3. The van der Waals surface area contributed by atoms with E-state index in [1.165, 1.54) is 11.0 Å². The van der Waals surface area contributed by atoms with Gasteiger partial charge in [0.25, 0.3) is 5.92 Å². The van der Waals surface area contributed by atoms with Gasteiger partial charge in [0.1, 0.15) is 5.92 Å². The summed E-state index contributed by atoms with van der Waals surface area (Å²) in [7, 11) is 0. The molecule has 2 atom stereocenters. The fourth-order valence-corrected chi connectivity index (χ4v) is 4.31. The highest BCUT2D eigenvalue weighted by Gasteiger charge is 2.72. The molecule has 1 saturated carbocycles. The lowest BCUT2D eigenvalue weighted by atomic mass is 10.1. The molecule has 1 aliphatic carbocycles. The molecule has 0 spiro atoms. The highest BCUT2D eigenvalue weighted by molar-refractivity contribution is 5.85. The third kappa shape index (κ3) is 4.00. The lowest BCUT2D eigenvalue weighted by Crippen LogP contribution is -2.50. The first-order valence-corrected chi connectivity index (χ1v) is 10.2.